The third kappa shape index (κ3) is 61.1. The van der Waals surface area contributed by atoms with Crippen LogP contribution in [0.3, 0.4) is 0 Å². The second-order valence-corrected chi connectivity index (χ2v) is 26.8. The molecule has 0 aromatic carbocycles. The van der Waals surface area contributed by atoms with Gasteiger partial charge in [0.2, 0.25) is 5.91 Å². The molecule has 3 unspecified atom stereocenters. The highest BCUT2D eigenvalue weighted by atomic mass is 31.2. The molecule has 0 aliphatic rings. The number of ether oxygens (including phenoxy) is 1. The van der Waals surface area contributed by atoms with Crippen LogP contribution in [0.5, 0.6) is 0 Å². The molecular formula is C70H137N2O7P. The van der Waals surface area contributed by atoms with Gasteiger partial charge in [-0.25, -0.2) is 0 Å². The largest absolute Gasteiger partial charge is 0.756 e. The van der Waals surface area contributed by atoms with Crippen molar-refractivity contribution in [2.45, 2.75) is 373 Å². The highest BCUT2D eigenvalue weighted by Gasteiger charge is 2.27. The van der Waals surface area contributed by atoms with E-state index in [1.807, 2.05) is 33.3 Å². The third-order valence-corrected chi connectivity index (χ3v) is 17.1. The Morgan fingerprint density at radius 2 is 0.725 bits per heavy atom. The smallest absolute Gasteiger partial charge is 0.306 e. The quantitative estimate of drug-likeness (QED) is 0.0212. The number of rotatable bonds is 65. The summed E-state index contributed by atoms with van der Waals surface area (Å²) in [4.78, 5) is 40.1. The molecule has 0 saturated carbocycles. The molecule has 0 aromatic heterocycles. The number of allylic oxidation sites excluding steroid dienone is 3. The van der Waals surface area contributed by atoms with Crippen LogP contribution in [0.25, 0.3) is 0 Å². The maximum atomic E-state index is 13.6. The summed E-state index contributed by atoms with van der Waals surface area (Å²) in [6.45, 7) is 6.90. The summed E-state index contributed by atoms with van der Waals surface area (Å²) in [6.07, 6.45) is 73.0. The number of hydrogen-bond acceptors (Lipinski definition) is 7. The fourth-order valence-corrected chi connectivity index (χ4v) is 11.4. The molecule has 0 radical (unpaired) electrons. The van der Waals surface area contributed by atoms with Gasteiger partial charge in [-0.3, -0.25) is 14.2 Å². The van der Waals surface area contributed by atoms with E-state index in [0.29, 0.717) is 17.4 Å². The molecule has 0 heterocycles. The highest BCUT2D eigenvalue weighted by molar-refractivity contribution is 7.45. The Morgan fingerprint density at radius 1 is 0.425 bits per heavy atom. The van der Waals surface area contributed by atoms with E-state index in [2.05, 4.69) is 38.2 Å². The lowest BCUT2D eigenvalue weighted by atomic mass is 10.0. The molecular weight excluding hydrogens is 1010 g/mol. The van der Waals surface area contributed by atoms with Gasteiger partial charge in [0.05, 0.1) is 33.8 Å². The maximum Gasteiger partial charge on any atom is 0.306 e. The van der Waals surface area contributed by atoms with Crippen molar-refractivity contribution in [2.75, 3.05) is 40.9 Å². The van der Waals surface area contributed by atoms with Gasteiger partial charge >= 0.3 is 5.97 Å². The summed E-state index contributed by atoms with van der Waals surface area (Å²) < 4.78 is 30.4. The van der Waals surface area contributed by atoms with Crippen molar-refractivity contribution in [3.05, 3.63) is 24.3 Å². The molecule has 474 valence electrons. The molecule has 0 aromatic rings. The van der Waals surface area contributed by atoms with Crippen molar-refractivity contribution in [1.82, 2.24) is 5.32 Å². The molecule has 3 atom stereocenters. The number of nitrogens with zero attached hydrogens (tertiary/aromatic N) is 1. The van der Waals surface area contributed by atoms with E-state index in [1.165, 1.54) is 270 Å². The zero-order valence-electron chi connectivity index (χ0n) is 54.3. The van der Waals surface area contributed by atoms with E-state index in [1.54, 1.807) is 0 Å². The van der Waals surface area contributed by atoms with Crippen molar-refractivity contribution in [1.29, 1.82) is 0 Å². The monoisotopic (exact) mass is 1150 g/mol. The van der Waals surface area contributed by atoms with E-state index in [-0.39, 0.29) is 31.5 Å². The van der Waals surface area contributed by atoms with Gasteiger partial charge in [-0.15, -0.1) is 0 Å². The summed E-state index contributed by atoms with van der Waals surface area (Å²) in [6, 6.07) is -0.884. The Labute approximate surface area is 498 Å². The Morgan fingerprint density at radius 3 is 1.06 bits per heavy atom. The van der Waals surface area contributed by atoms with Gasteiger partial charge in [-0.2, -0.15) is 0 Å². The minimum Gasteiger partial charge on any atom is -0.756 e. The van der Waals surface area contributed by atoms with Crippen LogP contribution in [0.15, 0.2) is 24.3 Å². The summed E-state index contributed by atoms with van der Waals surface area (Å²) >= 11 is 0. The standard InChI is InChI=1S/C70H137N2O7P/c1-7-10-13-16-19-22-25-28-30-32-34-35-36-37-39-41-43-45-48-51-54-57-60-63-70(74)79-68(61-58-55-52-49-46-27-24-21-18-15-12-9-3)67(66-78-80(75,76)77-65-64-72(4,5)6)71-69(73)62-59-56-53-50-47-44-42-40-38-33-31-29-26-23-20-17-14-11-8-2/h29,31,58,61,67-68H,7-28,30,32-57,59-60,62-66H2,1-6H3,(H-,71,73,75,76)/b31-29+,61-58+. The summed E-state index contributed by atoms with van der Waals surface area (Å²) in [7, 11) is 1.20. The highest BCUT2D eigenvalue weighted by Crippen LogP contribution is 2.38. The van der Waals surface area contributed by atoms with Crippen LogP contribution in [-0.4, -0.2) is 69.4 Å². The molecule has 9 nitrogen and oxygen atoms in total. The van der Waals surface area contributed by atoms with Crippen molar-refractivity contribution < 1.29 is 37.3 Å². The summed E-state index contributed by atoms with van der Waals surface area (Å²) in [5.41, 5.74) is 0. The number of carbonyl (C=O) groups excluding carboxylic acids is 2. The molecule has 0 saturated heterocycles. The Balaban J connectivity index is 5.06. The predicted octanol–water partition coefficient (Wildman–Crippen LogP) is 21.4. The summed E-state index contributed by atoms with van der Waals surface area (Å²) in [5.74, 6) is -0.522. The second kappa shape index (κ2) is 60.6. The van der Waals surface area contributed by atoms with Crippen LogP contribution in [0.1, 0.15) is 361 Å². The number of phosphoric acid groups is 1. The molecule has 1 amide bonds. The lowest BCUT2D eigenvalue weighted by Crippen LogP contribution is -2.47. The minimum absolute atomic E-state index is 0.0188. The Hall–Kier alpha value is -1.51. The van der Waals surface area contributed by atoms with Crippen LogP contribution in [0, 0.1) is 0 Å². The third-order valence-electron chi connectivity index (χ3n) is 16.1. The predicted molar refractivity (Wildman–Crippen MR) is 344 cm³/mol. The normalized spacial score (nSPS) is 13.6. The fraction of sp³-hybridized carbons (Fsp3) is 0.914. The molecule has 1 N–H and O–H groups in total. The van der Waals surface area contributed by atoms with Crippen LogP contribution >= 0.6 is 7.82 Å². The van der Waals surface area contributed by atoms with Crippen molar-refractivity contribution in [3.63, 3.8) is 0 Å². The van der Waals surface area contributed by atoms with Crippen molar-refractivity contribution in [3.8, 4) is 0 Å². The van der Waals surface area contributed by atoms with Gasteiger partial charge in [0.25, 0.3) is 7.82 Å². The first-order valence-electron chi connectivity index (χ1n) is 35.1. The van der Waals surface area contributed by atoms with Gasteiger partial charge < -0.3 is 28.5 Å². The van der Waals surface area contributed by atoms with Crippen LogP contribution in [0.4, 0.5) is 0 Å². The minimum atomic E-state index is -4.70. The second-order valence-electron chi connectivity index (χ2n) is 25.4. The molecule has 0 spiro atoms. The number of hydrogen-bond donors (Lipinski definition) is 1. The van der Waals surface area contributed by atoms with Gasteiger partial charge in [0.15, 0.2) is 0 Å². The number of likely N-dealkylation sites (N-methyl/N-ethyl adjacent to an activating group) is 1. The number of quaternary nitrogens is 1. The number of esters is 1. The van der Waals surface area contributed by atoms with E-state index in [9.17, 15) is 19.0 Å². The molecule has 0 aliphatic carbocycles. The zero-order valence-corrected chi connectivity index (χ0v) is 55.2. The topological polar surface area (TPSA) is 114 Å². The zero-order chi connectivity index (χ0) is 58.6. The maximum absolute atomic E-state index is 13.6. The SMILES string of the molecule is CCCCCCCC/C=C/CCCCCCCCCCCC(=O)NC(COP(=O)([O-])OCC[N+](C)(C)C)C(/C=C/CCCCCCCCCCCC)OC(=O)CCCCCCCCCCCCCCCCCCCCCCCCC. The number of amides is 1. The number of unbranched alkanes of at least 4 members (excludes halogenated alkanes) is 47. The first-order valence-corrected chi connectivity index (χ1v) is 36.6. The molecule has 80 heavy (non-hydrogen) atoms. The van der Waals surface area contributed by atoms with Gasteiger partial charge in [0, 0.05) is 12.8 Å². The lowest BCUT2D eigenvalue weighted by Gasteiger charge is -2.30. The van der Waals surface area contributed by atoms with Crippen molar-refractivity contribution >= 4 is 19.7 Å². The number of phosphoric ester groups is 1. The van der Waals surface area contributed by atoms with Gasteiger partial charge in [-0.1, -0.05) is 315 Å². The average molecular weight is 1150 g/mol. The van der Waals surface area contributed by atoms with E-state index in [0.717, 1.165) is 57.8 Å². The van der Waals surface area contributed by atoms with E-state index in [4.69, 9.17) is 13.8 Å². The lowest BCUT2D eigenvalue weighted by molar-refractivity contribution is -0.870. The van der Waals surface area contributed by atoms with Crippen LogP contribution < -0.4 is 10.2 Å². The van der Waals surface area contributed by atoms with Crippen molar-refractivity contribution in [2.24, 2.45) is 0 Å². The molecule has 0 rings (SSSR count). The van der Waals surface area contributed by atoms with Crippen LogP contribution in [0.2, 0.25) is 0 Å². The van der Waals surface area contributed by atoms with Gasteiger partial charge in [0.1, 0.15) is 19.3 Å². The molecule has 10 heteroatoms. The first kappa shape index (κ1) is 78.5. The first-order chi connectivity index (χ1) is 38.9. The van der Waals surface area contributed by atoms with E-state index >= 15 is 0 Å². The molecule has 0 fully saturated rings. The average Bonchev–Trinajstić information content (AvgIpc) is 3.42. The van der Waals surface area contributed by atoms with Crippen LogP contribution in [-0.2, 0) is 27.9 Å². The number of carbonyl (C=O) groups is 2. The van der Waals surface area contributed by atoms with Gasteiger partial charge in [-0.05, 0) is 57.4 Å². The number of nitrogens with one attached hydrogen (secondary N) is 1. The Bertz CT molecular complexity index is 1420. The summed E-state index contributed by atoms with van der Waals surface area (Å²) in [5, 5.41) is 3.05. The molecule has 0 aliphatic heterocycles. The van der Waals surface area contributed by atoms with E-state index < -0.39 is 20.0 Å². The Kier molecular flexibility index (Phi) is 59.5. The molecule has 0 bridgehead atoms. The fourth-order valence-electron chi connectivity index (χ4n) is 10.7.